The van der Waals surface area contributed by atoms with Crippen molar-refractivity contribution in [3.63, 3.8) is 0 Å². The summed E-state index contributed by atoms with van der Waals surface area (Å²) in [7, 11) is 0. The van der Waals surface area contributed by atoms with Crippen molar-refractivity contribution in [3.8, 4) is 6.07 Å². The molecule has 1 unspecified atom stereocenters. The summed E-state index contributed by atoms with van der Waals surface area (Å²) in [5.41, 5.74) is 2.45. The molecule has 0 aromatic heterocycles. The van der Waals surface area contributed by atoms with Gasteiger partial charge < -0.3 is 5.11 Å². The average Bonchev–Trinajstić information content (AvgIpc) is 3.41. The Kier molecular flexibility index (Phi) is 4.71. The van der Waals surface area contributed by atoms with Gasteiger partial charge in [-0.1, -0.05) is 24.3 Å². The predicted molar refractivity (Wildman–Crippen MR) is 85.9 cm³/mol. The number of benzene rings is 2. The van der Waals surface area contributed by atoms with Crippen molar-refractivity contribution < 1.29 is 9.50 Å². The molecule has 2 aromatic carbocycles. The first-order chi connectivity index (χ1) is 11.2. The number of nitriles is 1. The largest absolute Gasteiger partial charge is 0.387 e. The molecule has 1 fully saturated rings. The molecular weight excluding hydrogens is 291 g/mol. The van der Waals surface area contributed by atoms with Gasteiger partial charge in [0.05, 0.1) is 17.7 Å². The Hall–Kier alpha value is -2.22. The van der Waals surface area contributed by atoms with Crippen LogP contribution in [0.1, 0.15) is 35.6 Å². The first-order valence-corrected chi connectivity index (χ1v) is 7.82. The molecule has 0 spiro atoms. The molecule has 4 heteroatoms. The Morgan fingerprint density at radius 1 is 1.13 bits per heavy atom. The van der Waals surface area contributed by atoms with Crippen molar-refractivity contribution in [2.45, 2.75) is 31.5 Å². The summed E-state index contributed by atoms with van der Waals surface area (Å²) in [6.45, 7) is 1.24. The van der Waals surface area contributed by atoms with Crippen LogP contribution in [0, 0.1) is 17.1 Å². The Balaban J connectivity index is 1.66. The summed E-state index contributed by atoms with van der Waals surface area (Å²) < 4.78 is 13.0. The zero-order chi connectivity index (χ0) is 16.2. The second-order valence-electron chi connectivity index (χ2n) is 6.04. The third kappa shape index (κ3) is 4.16. The summed E-state index contributed by atoms with van der Waals surface area (Å²) in [5.74, 6) is -0.232. The summed E-state index contributed by atoms with van der Waals surface area (Å²) in [6.07, 6.45) is 1.69. The fourth-order valence-electron chi connectivity index (χ4n) is 2.71. The van der Waals surface area contributed by atoms with Crippen molar-refractivity contribution in [1.29, 1.82) is 5.26 Å². The molecule has 1 N–H and O–H groups in total. The van der Waals surface area contributed by atoms with E-state index in [0.717, 1.165) is 24.0 Å². The standard InChI is InChI=1S/C19H19FN2O/c20-17-7-3-15(4-8-17)12-22(18-9-10-18)13-19(23)16-5-1-14(11-21)2-6-16/h1-8,18-19,23H,9-10,12-13H2. The number of aliphatic hydroxyl groups excluding tert-OH is 1. The molecule has 1 saturated carbocycles. The van der Waals surface area contributed by atoms with Gasteiger partial charge in [0.15, 0.2) is 0 Å². The lowest BCUT2D eigenvalue weighted by Gasteiger charge is -2.25. The van der Waals surface area contributed by atoms with Crippen LogP contribution in [0.3, 0.4) is 0 Å². The lowest BCUT2D eigenvalue weighted by atomic mass is 10.1. The van der Waals surface area contributed by atoms with Crippen molar-refractivity contribution in [2.24, 2.45) is 0 Å². The van der Waals surface area contributed by atoms with Crippen molar-refractivity contribution in [1.82, 2.24) is 4.90 Å². The van der Waals surface area contributed by atoms with Crippen LogP contribution in [0.25, 0.3) is 0 Å². The number of rotatable bonds is 6. The minimum Gasteiger partial charge on any atom is -0.387 e. The van der Waals surface area contributed by atoms with Gasteiger partial charge in [0.1, 0.15) is 5.82 Å². The quantitative estimate of drug-likeness (QED) is 0.889. The monoisotopic (exact) mass is 310 g/mol. The zero-order valence-electron chi connectivity index (χ0n) is 12.8. The van der Waals surface area contributed by atoms with Gasteiger partial charge in [-0.3, -0.25) is 4.90 Å². The number of halogens is 1. The van der Waals surface area contributed by atoms with Crippen molar-refractivity contribution in [3.05, 3.63) is 71.0 Å². The van der Waals surface area contributed by atoms with Crippen LogP contribution in [0.5, 0.6) is 0 Å². The van der Waals surface area contributed by atoms with E-state index in [2.05, 4.69) is 11.0 Å². The zero-order valence-corrected chi connectivity index (χ0v) is 12.8. The molecule has 1 aliphatic carbocycles. The highest BCUT2D eigenvalue weighted by molar-refractivity contribution is 5.32. The highest BCUT2D eigenvalue weighted by Gasteiger charge is 2.30. The number of aliphatic hydroxyl groups is 1. The molecule has 2 aromatic rings. The number of hydrogen-bond acceptors (Lipinski definition) is 3. The van der Waals surface area contributed by atoms with E-state index in [-0.39, 0.29) is 5.82 Å². The first kappa shape index (κ1) is 15.7. The van der Waals surface area contributed by atoms with E-state index in [0.29, 0.717) is 24.7 Å². The molecule has 0 aliphatic heterocycles. The minimum absolute atomic E-state index is 0.232. The number of nitrogens with zero attached hydrogens (tertiary/aromatic N) is 2. The second kappa shape index (κ2) is 6.91. The van der Waals surface area contributed by atoms with Gasteiger partial charge >= 0.3 is 0 Å². The molecule has 0 bridgehead atoms. The van der Waals surface area contributed by atoms with E-state index in [9.17, 15) is 9.50 Å². The van der Waals surface area contributed by atoms with Gasteiger partial charge in [0.25, 0.3) is 0 Å². The van der Waals surface area contributed by atoms with Crippen molar-refractivity contribution >= 4 is 0 Å². The van der Waals surface area contributed by atoms with E-state index < -0.39 is 6.10 Å². The Morgan fingerprint density at radius 3 is 2.35 bits per heavy atom. The van der Waals surface area contributed by atoms with Crippen LogP contribution in [-0.4, -0.2) is 22.6 Å². The van der Waals surface area contributed by atoms with Crippen LogP contribution >= 0.6 is 0 Å². The molecule has 23 heavy (non-hydrogen) atoms. The van der Waals surface area contributed by atoms with E-state index >= 15 is 0 Å². The minimum atomic E-state index is -0.594. The van der Waals surface area contributed by atoms with Crippen LogP contribution in [0.4, 0.5) is 4.39 Å². The maximum Gasteiger partial charge on any atom is 0.123 e. The molecular formula is C19H19FN2O. The smallest absolute Gasteiger partial charge is 0.123 e. The van der Waals surface area contributed by atoms with Crippen LogP contribution in [0.15, 0.2) is 48.5 Å². The van der Waals surface area contributed by atoms with Crippen LogP contribution in [0.2, 0.25) is 0 Å². The summed E-state index contributed by atoms with van der Waals surface area (Å²) in [6, 6.07) is 16.1. The number of hydrogen-bond donors (Lipinski definition) is 1. The normalized spacial score (nSPS) is 15.4. The van der Waals surface area contributed by atoms with Gasteiger partial charge in [-0.2, -0.15) is 5.26 Å². The van der Waals surface area contributed by atoms with Crippen molar-refractivity contribution in [2.75, 3.05) is 6.54 Å². The summed E-state index contributed by atoms with van der Waals surface area (Å²) in [4.78, 5) is 2.25. The van der Waals surface area contributed by atoms with Gasteiger partial charge in [-0.15, -0.1) is 0 Å². The first-order valence-electron chi connectivity index (χ1n) is 7.82. The molecule has 0 amide bonds. The molecule has 118 valence electrons. The molecule has 0 saturated heterocycles. The Bertz CT molecular complexity index is 687. The Labute approximate surface area is 135 Å². The van der Waals surface area contributed by atoms with Crippen LogP contribution < -0.4 is 0 Å². The van der Waals surface area contributed by atoms with Gasteiger partial charge in [0.2, 0.25) is 0 Å². The van der Waals surface area contributed by atoms with E-state index in [1.54, 1.807) is 36.4 Å². The predicted octanol–water partition coefficient (Wildman–Crippen LogP) is 3.40. The molecule has 0 heterocycles. The van der Waals surface area contributed by atoms with Gasteiger partial charge in [0, 0.05) is 19.1 Å². The lowest BCUT2D eigenvalue weighted by molar-refractivity contribution is 0.104. The van der Waals surface area contributed by atoms with E-state index in [1.165, 1.54) is 12.1 Å². The van der Waals surface area contributed by atoms with Gasteiger partial charge in [-0.05, 0) is 48.2 Å². The van der Waals surface area contributed by atoms with Crippen LogP contribution in [-0.2, 0) is 6.54 Å². The fraction of sp³-hybridized carbons (Fsp3) is 0.316. The fourth-order valence-corrected chi connectivity index (χ4v) is 2.71. The van der Waals surface area contributed by atoms with E-state index in [4.69, 9.17) is 5.26 Å². The van der Waals surface area contributed by atoms with E-state index in [1.807, 2.05) is 0 Å². The molecule has 3 rings (SSSR count). The summed E-state index contributed by atoms with van der Waals surface area (Å²) >= 11 is 0. The second-order valence-corrected chi connectivity index (χ2v) is 6.04. The summed E-state index contributed by atoms with van der Waals surface area (Å²) in [5, 5.41) is 19.3. The highest BCUT2D eigenvalue weighted by Crippen LogP contribution is 2.30. The third-order valence-electron chi connectivity index (χ3n) is 4.19. The Morgan fingerprint density at radius 2 is 1.78 bits per heavy atom. The maximum atomic E-state index is 13.0. The average molecular weight is 310 g/mol. The molecule has 1 aliphatic rings. The third-order valence-corrected chi connectivity index (χ3v) is 4.19. The molecule has 0 radical (unpaired) electrons. The highest BCUT2D eigenvalue weighted by atomic mass is 19.1. The SMILES string of the molecule is N#Cc1ccc(C(O)CN(Cc2ccc(F)cc2)C2CC2)cc1. The maximum absolute atomic E-state index is 13.0. The molecule has 1 atom stereocenters. The lowest BCUT2D eigenvalue weighted by Crippen LogP contribution is -2.30. The van der Waals surface area contributed by atoms with Gasteiger partial charge in [-0.25, -0.2) is 4.39 Å². The molecule has 3 nitrogen and oxygen atoms in total. The topological polar surface area (TPSA) is 47.3 Å².